The summed E-state index contributed by atoms with van der Waals surface area (Å²) in [6, 6.07) is 6.47. The molecule has 1 aromatic carbocycles. The third-order valence-electron chi connectivity index (χ3n) is 4.46. The van der Waals surface area contributed by atoms with Crippen molar-refractivity contribution in [3.8, 4) is 5.75 Å². The SMILES string of the molecule is COc1ccc(Cl)cc1CC(=O)N1CCC2CCC(C1)N2.Cl. The molecule has 2 atom stereocenters. The average Bonchev–Trinajstić information content (AvgIpc) is 2.78. The van der Waals surface area contributed by atoms with E-state index in [0.717, 1.165) is 30.8 Å². The summed E-state index contributed by atoms with van der Waals surface area (Å²) < 4.78 is 5.32. The van der Waals surface area contributed by atoms with Crippen LogP contribution in [0, 0.1) is 0 Å². The van der Waals surface area contributed by atoms with Gasteiger partial charge in [-0.25, -0.2) is 0 Å². The van der Waals surface area contributed by atoms with E-state index in [1.807, 2.05) is 17.0 Å². The lowest BCUT2D eigenvalue weighted by Crippen LogP contribution is -2.39. The monoisotopic (exact) mass is 344 g/mol. The van der Waals surface area contributed by atoms with Gasteiger partial charge >= 0.3 is 0 Å². The molecule has 122 valence electrons. The third-order valence-corrected chi connectivity index (χ3v) is 4.70. The van der Waals surface area contributed by atoms with E-state index in [9.17, 15) is 4.79 Å². The minimum atomic E-state index is 0. The van der Waals surface area contributed by atoms with Crippen molar-refractivity contribution in [2.45, 2.75) is 37.8 Å². The number of amides is 1. The second-order valence-electron chi connectivity index (χ2n) is 5.90. The minimum absolute atomic E-state index is 0. The van der Waals surface area contributed by atoms with Gasteiger partial charge in [-0.3, -0.25) is 4.79 Å². The first-order chi connectivity index (χ1) is 10.2. The van der Waals surface area contributed by atoms with Gasteiger partial charge in [-0.15, -0.1) is 12.4 Å². The molecule has 1 N–H and O–H groups in total. The molecule has 0 radical (unpaired) electrons. The molecule has 6 heteroatoms. The Bertz CT molecular complexity index is 539. The highest BCUT2D eigenvalue weighted by atomic mass is 35.5. The van der Waals surface area contributed by atoms with E-state index >= 15 is 0 Å². The maximum atomic E-state index is 12.6. The predicted molar refractivity (Wildman–Crippen MR) is 90.1 cm³/mol. The van der Waals surface area contributed by atoms with Crippen LogP contribution in [0.1, 0.15) is 24.8 Å². The van der Waals surface area contributed by atoms with Gasteiger partial charge < -0.3 is 15.0 Å². The Labute approximate surface area is 142 Å². The zero-order valence-electron chi connectivity index (χ0n) is 12.7. The van der Waals surface area contributed by atoms with Crippen molar-refractivity contribution in [2.75, 3.05) is 20.2 Å². The number of hydrogen-bond acceptors (Lipinski definition) is 3. The van der Waals surface area contributed by atoms with E-state index in [-0.39, 0.29) is 18.3 Å². The molecule has 1 amide bonds. The number of carbonyl (C=O) groups is 1. The van der Waals surface area contributed by atoms with Gasteiger partial charge in [0.25, 0.3) is 0 Å². The number of carbonyl (C=O) groups excluding carboxylic acids is 1. The van der Waals surface area contributed by atoms with Crippen LogP contribution in [-0.4, -0.2) is 43.1 Å². The van der Waals surface area contributed by atoms with Crippen LogP contribution in [0.4, 0.5) is 0 Å². The van der Waals surface area contributed by atoms with Crippen LogP contribution < -0.4 is 10.1 Å². The molecule has 4 nitrogen and oxygen atoms in total. The van der Waals surface area contributed by atoms with Crippen molar-refractivity contribution in [1.29, 1.82) is 0 Å². The summed E-state index contributed by atoms with van der Waals surface area (Å²) in [4.78, 5) is 14.6. The molecule has 22 heavy (non-hydrogen) atoms. The lowest BCUT2D eigenvalue weighted by molar-refractivity contribution is -0.130. The number of benzene rings is 1. The molecule has 2 fully saturated rings. The second-order valence-corrected chi connectivity index (χ2v) is 6.34. The quantitative estimate of drug-likeness (QED) is 0.916. The summed E-state index contributed by atoms with van der Waals surface area (Å²) in [7, 11) is 1.62. The smallest absolute Gasteiger partial charge is 0.227 e. The largest absolute Gasteiger partial charge is 0.496 e. The van der Waals surface area contributed by atoms with Gasteiger partial charge in [-0.05, 0) is 37.5 Å². The van der Waals surface area contributed by atoms with Crippen molar-refractivity contribution in [3.63, 3.8) is 0 Å². The Balaban J connectivity index is 0.00000176. The molecular weight excluding hydrogens is 323 g/mol. The fourth-order valence-corrected chi connectivity index (χ4v) is 3.52. The highest BCUT2D eigenvalue weighted by Crippen LogP contribution is 2.25. The number of nitrogens with one attached hydrogen (secondary N) is 1. The maximum absolute atomic E-state index is 12.6. The van der Waals surface area contributed by atoms with E-state index in [1.54, 1.807) is 13.2 Å². The molecule has 2 heterocycles. The number of nitrogens with zero attached hydrogens (tertiary/aromatic N) is 1. The number of halogens is 2. The van der Waals surface area contributed by atoms with Gasteiger partial charge in [0.1, 0.15) is 5.75 Å². The van der Waals surface area contributed by atoms with E-state index in [2.05, 4.69) is 5.32 Å². The highest BCUT2D eigenvalue weighted by Gasteiger charge is 2.31. The topological polar surface area (TPSA) is 41.6 Å². The van der Waals surface area contributed by atoms with Crippen LogP contribution in [0.15, 0.2) is 18.2 Å². The molecule has 2 unspecified atom stereocenters. The van der Waals surface area contributed by atoms with Crippen molar-refractivity contribution < 1.29 is 9.53 Å². The highest BCUT2D eigenvalue weighted by molar-refractivity contribution is 6.30. The molecule has 0 aliphatic carbocycles. The van der Waals surface area contributed by atoms with Gasteiger partial charge in [0, 0.05) is 35.8 Å². The molecule has 2 bridgehead atoms. The Kier molecular flexibility index (Phi) is 5.95. The van der Waals surface area contributed by atoms with Crippen LogP contribution in [-0.2, 0) is 11.2 Å². The van der Waals surface area contributed by atoms with E-state index in [0.29, 0.717) is 23.5 Å². The van der Waals surface area contributed by atoms with Crippen molar-refractivity contribution in [1.82, 2.24) is 10.2 Å². The fourth-order valence-electron chi connectivity index (χ4n) is 3.33. The van der Waals surface area contributed by atoms with Gasteiger partial charge in [0.2, 0.25) is 5.91 Å². The first-order valence-corrected chi connectivity index (χ1v) is 7.89. The first kappa shape index (κ1) is 17.4. The van der Waals surface area contributed by atoms with Gasteiger partial charge in [0.15, 0.2) is 0 Å². The van der Waals surface area contributed by atoms with Crippen molar-refractivity contribution >= 4 is 29.9 Å². The average molecular weight is 345 g/mol. The Hall–Kier alpha value is -0.970. The van der Waals surface area contributed by atoms with Crippen LogP contribution >= 0.6 is 24.0 Å². The number of hydrogen-bond donors (Lipinski definition) is 1. The number of ether oxygens (including phenoxy) is 1. The van der Waals surface area contributed by atoms with Gasteiger partial charge in [0.05, 0.1) is 13.5 Å². The summed E-state index contributed by atoms with van der Waals surface area (Å²) in [5.41, 5.74) is 0.859. The molecule has 0 saturated carbocycles. The van der Waals surface area contributed by atoms with Crippen LogP contribution in [0.25, 0.3) is 0 Å². The lowest BCUT2D eigenvalue weighted by atomic mass is 10.1. The molecule has 3 rings (SSSR count). The number of rotatable bonds is 3. The zero-order valence-corrected chi connectivity index (χ0v) is 14.3. The van der Waals surface area contributed by atoms with Crippen molar-refractivity contribution in [2.24, 2.45) is 0 Å². The third kappa shape index (κ3) is 3.86. The molecule has 0 aromatic heterocycles. The molecule has 0 spiro atoms. The molecule has 2 aliphatic heterocycles. The Morgan fingerprint density at radius 1 is 1.36 bits per heavy atom. The maximum Gasteiger partial charge on any atom is 0.227 e. The Morgan fingerprint density at radius 3 is 2.91 bits per heavy atom. The number of likely N-dealkylation sites (tertiary alicyclic amines) is 1. The van der Waals surface area contributed by atoms with Gasteiger partial charge in [-0.2, -0.15) is 0 Å². The Morgan fingerprint density at radius 2 is 2.14 bits per heavy atom. The number of methoxy groups -OCH3 is 1. The van der Waals surface area contributed by atoms with Crippen molar-refractivity contribution in [3.05, 3.63) is 28.8 Å². The van der Waals surface area contributed by atoms with E-state index in [4.69, 9.17) is 16.3 Å². The van der Waals surface area contributed by atoms with Crippen LogP contribution in [0.3, 0.4) is 0 Å². The normalized spacial score (nSPS) is 23.6. The number of fused-ring (bicyclic) bond motifs is 2. The summed E-state index contributed by atoms with van der Waals surface area (Å²) in [6.07, 6.45) is 3.82. The molecule has 2 aliphatic rings. The molecule has 2 saturated heterocycles. The first-order valence-electron chi connectivity index (χ1n) is 7.52. The summed E-state index contributed by atoms with van der Waals surface area (Å²) >= 11 is 6.03. The summed E-state index contributed by atoms with van der Waals surface area (Å²) in [5, 5.41) is 4.23. The predicted octanol–water partition coefficient (Wildman–Crippen LogP) is 2.67. The standard InChI is InChI=1S/C16H21ClN2O2.ClH/c1-21-15-5-2-12(17)8-11(15)9-16(20)19-7-6-13-3-4-14(10-19)18-13;/h2,5,8,13-14,18H,3-4,6-7,9-10H2,1H3;1H. The van der Waals surface area contributed by atoms with Gasteiger partial charge in [-0.1, -0.05) is 11.6 Å². The van der Waals surface area contributed by atoms with Crippen LogP contribution in [0.5, 0.6) is 5.75 Å². The zero-order chi connectivity index (χ0) is 14.8. The lowest BCUT2D eigenvalue weighted by Gasteiger charge is -2.24. The fraction of sp³-hybridized carbons (Fsp3) is 0.562. The van der Waals surface area contributed by atoms with E-state index in [1.165, 1.54) is 12.8 Å². The molecule has 1 aromatic rings. The molecular formula is C16H22Cl2N2O2. The summed E-state index contributed by atoms with van der Waals surface area (Å²) in [5.74, 6) is 0.882. The summed E-state index contributed by atoms with van der Waals surface area (Å²) in [6.45, 7) is 1.66. The van der Waals surface area contributed by atoms with E-state index < -0.39 is 0 Å². The minimum Gasteiger partial charge on any atom is -0.496 e. The van der Waals surface area contributed by atoms with Crippen LogP contribution in [0.2, 0.25) is 5.02 Å². The second kappa shape index (κ2) is 7.53.